The molecular weight excluding hydrogens is 318 g/mol. The van der Waals surface area contributed by atoms with Gasteiger partial charge in [0.05, 0.1) is 7.11 Å². The van der Waals surface area contributed by atoms with E-state index >= 15 is 0 Å². The van der Waals surface area contributed by atoms with E-state index in [0.717, 1.165) is 30.1 Å². The average molecular weight is 349 g/mol. The molecule has 2 N–H and O–H groups in total. The number of hydrogen-bond acceptors (Lipinski definition) is 4. The Balaban J connectivity index is 2.02. The number of aliphatic hydroxyl groups excluding tert-OH is 1. The zero-order valence-electron chi connectivity index (χ0n) is 15.8. The second-order valence-electron chi connectivity index (χ2n) is 7.11. The zero-order valence-corrected chi connectivity index (χ0v) is 15.8. The number of anilines is 1. The van der Waals surface area contributed by atoms with Crippen molar-refractivity contribution in [3.8, 4) is 5.75 Å². The molecule has 1 aromatic carbocycles. The van der Waals surface area contributed by atoms with Crippen LogP contribution in [0, 0.1) is 12.8 Å². The molecule has 1 aliphatic heterocycles. The first-order chi connectivity index (χ1) is 11.9. The van der Waals surface area contributed by atoms with Gasteiger partial charge in [-0.3, -0.25) is 4.90 Å². The van der Waals surface area contributed by atoms with Crippen LogP contribution in [-0.2, 0) is 0 Å². The van der Waals surface area contributed by atoms with Crippen LogP contribution in [0.2, 0.25) is 0 Å². The molecule has 0 aromatic heterocycles. The molecule has 0 aliphatic carbocycles. The highest BCUT2D eigenvalue weighted by atomic mass is 16.5. The third-order valence-corrected chi connectivity index (χ3v) is 4.64. The molecule has 1 heterocycles. The van der Waals surface area contributed by atoms with Gasteiger partial charge in [0.2, 0.25) is 0 Å². The summed E-state index contributed by atoms with van der Waals surface area (Å²) in [5, 5.41) is 12.4. The summed E-state index contributed by atoms with van der Waals surface area (Å²) in [5.41, 5.74) is 1.77. The number of carbonyl (C=O) groups is 1. The Morgan fingerprint density at radius 2 is 2.16 bits per heavy atom. The maximum Gasteiger partial charge on any atom is 0.321 e. The third kappa shape index (κ3) is 5.34. The van der Waals surface area contributed by atoms with E-state index in [9.17, 15) is 9.90 Å². The van der Waals surface area contributed by atoms with E-state index in [1.807, 2.05) is 30.0 Å². The van der Waals surface area contributed by atoms with Crippen LogP contribution in [0.25, 0.3) is 0 Å². The summed E-state index contributed by atoms with van der Waals surface area (Å²) in [6, 6.07) is 5.77. The molecule has 0 spiro atoms. The molecular formula is C19H31N3O3. The number of benzene rings is 1. The number of amides is 2. The van der Waals surface area contributed by atoms with Gasteiger partial charge in [0.25, 0.3) is 0 Å². The van der Waals surface area contributed by atoms with Crippen LogP contribution in [-0.4, -0.2) is 66.9 Å². The van der Waals surface area contributed by atoms with Crippen molar-refractivity contribution in [1.29, 1.82) is 0 Å². The largest absolute Gasteiger partial charge is 0.497 e. The van der Waals surface area contributed by atoms with Gasteiger partial charge in [-0.05, 0) is 30.9 Å². The van der Waals surface area contributed by atoms with Crippen molar-refractivity contribution in [3.05, 3.63) is 23.8 Å². The number of piperazine rings is 1. The summed E-state index contributed by atoms with van der Waals surface area (Å²) in [5.74, 6) is 1.29. The van der Waals surface area contributed by atoms with Gasteiger partial charge in [-0.1, -0.05) is 19.9 Å². The molecule has 1 fully saturated rings. The number of aryl methyl sites for hydroxylation is 1. The van der Waals surface area contributed by atoms with Gasteiger partial charge in [0.15, 0.2) is 0 Å². The number of methoxy groups -OCH3 is 1. The highest BCUT2D eigenvalue weighted by Crippen LogP contribution is 2.23. The average Bonchev–Trinajstić information content (AvgIpc) is 2.58. The minimum atomic E-state index is -0.0940. The van der Waals surface area contributed by atoms with E-state index in [1.54, 1.807) is 7.11 Å². The first-order valence-electron chi connectivity index (χ1n) is 9.00. The lowest BCUT2D eigenvalue weighted by molar-refractivity contribution is 0.0689. The van der Waals surface area contributed by atoms with Gasteiger partial charge >= 0.3 is 6.03 Å². The van der Waals surface area contributed by atoms with Crippen molar-refractivity contribution in [2.75, 3.05) is 45.2 Å². The Labute approximate surface area is 150 Å². The predicted octanol–water partition coefficient (Wildman–Crippen LogP) is 2.56. The lowest BCUT2D eigenvalue weighted by Crippen LogP contribution is -2.56. The maximum absolute atomic E-state index is 12.7. The normalized spacial score (nSPS) is 18.5. The van der Waals surface area contributed by atoms with E-state index in [1.165, 1.54) is 0 Å². The number of hydrogen-bond donors (Lipinski definition) is 2. The molecule has 2 amide bonds. The summed E-state index contributed by atoms with van der Waals surface area (Å²) in [6.45, 7) is 9.67. The third-order valence-electron chi connectivity index (χ3n) is 4.64. The first kappa shape index (κ1) is 19.5. The predicted molar refractivity (Wildman–Crippen MR) is 100 cm³/mol. The smallest absolute Gasteiger partial charge is 0.321 e. The molecule has 6 nitrogen and oxygen atoms in total. The quantitative estimate of drug-likeness (QED) is 0.828. The lowest BCUT2D eigenvalue weighted by Gasteiger charge is -2.42. The van der Waals surface area contributed by atoms with Crippen LogP contribution >= 0.6 is 0 Å². The summed E-state index contributed by atoms with van der Waals surface area (Å²) in [7, 11) is 1.61. The van der Waals surface area contributed by atoms with Crippen LogP contribution in [0.3, 0.4) is 0 Å². The van der Waals surface area contributed by atoms with E-state index in [-0.39, 0.29) is 18.7 Å². The minimum Gasteiger partial charge on any atom is -0.497 e. The van der Waals surface area contributed by atoms with Gasteiger partial charge in [-0.15, -0.1) is 0 Å². The van der Waals surface area contributed by atoms with E-state index in [2.05, 4.69) is 24.1 Å². The number of aliphatic hydroxyl groups is 1. The van der Waals surface area contributed by atoms with Crippen LogP contribution in [0.4, 0.5) is 10.5 Å². The molecule has 0 saturated carbocycles. The van der Waals surface area contributed by atoms with Crippen molar-refractivity contribution >= 4 is 11.7 Å². The number of nitrogens with one attached hydrogen (secondary N) is 1. The fourth-order valence-electron chi connectivity index (χ4n) is 3.27. The van der Waals surface area contributed by atoms with Crippen LogP contribution < -0.4 is 10.1 Å². The monoisotopic (exact) mass is 349 g/mol. The molecule has 1 atom stereocenters. The number of urea groups is 1. The molecule has 0 radical (unpaired) electrons. The first-order valence-corrected chi connectivity index (χ1v) is 9.00. The number of carbonyl (C=O) groups excluding carboxylic acids is 1. The van der Waals surface area contributed by atoms with Crippen LogP contribution in [0.1, 0.15) is 25.8 Å². The van der Waals surface area contributed by atoms with Crippen molar-refractivity contribution in [1.82, 2.24) is 9.80 Å². The van der Waals surface area contributed by atoms with Crippen LogP contribution in [0.15, 0.2) is 18.2 Å². The van der Waals surface area contributed by atoms with Gasteiger partial charge in [-0.2, -0.15) is 0 Å². The highest BCUT2D eigenvalue weighted by Gasteiger charge is 2.29. The molecule has 25 heavy (non-hydrogen) atoms. The minimum absolute atomic E-state index is 0.0940. The van der Waals surface area contributed by atoms with Crippen LogP contribution in [0.5, 0.6) is 5.75 Å². The van der Waals surface area contributed by atoms with E-state index < -0.39 is 0 Å². The van der Waals surface area contributed by atoms with Crippen molar-refractivity contribution in [3.63, 3.8) is 0 Å². The Hall–Kier alpha value is -1.79. The fraction of sp³-hybridized carbons (Fsp3) is 0.632. The molecule has 1 saturated heterocycles. The molecule has 1 unspecified atom stereocenters. The van der Waals surface area contributed by atoms with Gasteiger partial charge in [-0.25, -0.2) is 4.79 Å². The summed E-state index contributed by atoms with van der Waals surface area (Å²) >= 11 is 0. The van der Waals surface area contributed by atoms with Gasteiger partial charge in [0.1, 0.15) is 5.75 Å². The van der Waals surface area contributed by atoms with Gasteiger partial charge < -0.3 is 20.1 Å². The number of nitrogens with zero attached hydrogens (tertiary/aromatic N) is 2. The SMILES string of the molecule is COc1ccc(C)c(NC(=O)N2CCN(CC(C)C)C(CCO)C2)c1. The Morgan fingerprint density at radius 3 is 2.80 bits per heavy atom. The Kier molecular flexibility index (Phi) is 7.08. The zero-order chi connectivity index (χ0) is 18.4. The Bertz CT molecular complexity index is 577. The molecule has 1 aliphatic rings. The summed E-state index contributed by atoms with van der Waals surface area (Å²) in [6.07, 6.45) is 0.689. The summed E-state index contributed by atoms with van der Waals surface area (Å²) < 4.78 is 5.24. The topological polar surface area (TPSA) is 65.0 Å². The molecule has 2 rings (SSSR count). The molecule has 140 valence electrons. The maximum atomic E-state index is 12.7. The fourth-order valence-corrected chi connectivity index (χ4v) is 3.27. The van der Waals surface area contributed by atoms with Gasteiger partial charge in [0, 0.05) is 50.6 Å². The second kappa shape index (κ2) is 9.06. The highest BCUT2D eigenvalue weighted by molar-refractivity contribution is 5.90. The number of ether oxygens (including phenoxy) is 1. The van der Waals surface area contributed by atoms with Crippen molar-refractivity contribution in [2.24, 2.45) is 5.92 Å². The second-order valence-corrected chi connectivity index (χ2v) is 7.11. The van der Waals surface area contributed by atoms with E-state index in [4.69, 9.17) is 4.74 Å². The standard InChI is InChI=1S/C19H31N3O3/c1-14(2)12-21-8-9-22(13-16(21)7-10-23)19(24)20-18-11-17(25-4)6-5-15(18)3/h5-6,11,14,16,23H,7-10,12-13H2,1-4H3,(H,20,24). The molecule has 0 bridgehead atoms. The Morgan fingerprint density at radius 1 is 1.40 bits per heavy atom. The molecule has 6 heteroatoms. The van der Waals surface area contributed by atoms with Crippen molar-refractivity contribution < 1.29 is 14.6 Å². The lowest BCUT2D eigenvalue weighted by atomic mass is 10.1. The number of rotatable bonds is 6. The van der Waals surface area contributed by atoms with Crippen molar-refractivity contribution in [2.45, 2.75) is 33.2 Å². The molecule has 1 aromatic rings. The van der Waals surface area contributed by atoms with E-state index in [0.29, 0.717) is 25.4 Å². The summed E-state index contributed by atoms with van der Waals surface area (Å²) in [4.78, 5) is 16.9.